The van der Waals surface area contributed by atoms with Gasteiger partial charge in [-0.1, -0.05) is 145 Å². The van der Waals surface area contributed by atoms with Crippen LogP contribution in [-0.2, 0) is 42.6 Å². The minimum atomic E-state index is -0.162. The second-order valence-electron chi connectivity index (χ2n) is 17.8. The Labute approximate surface area is 359 Å². The fourth-order valence-corrected chi connectivity index (χ4v) is 6.67. The molecule has 0 amide bonds. The first-order valence-electron chi connectivity index (χ1n) is 19.1. The van der Waals surface area contributed by atoms with Crippen molar-refractivity contribution in [2.45, 2.75) is 134 Å². The summed E-state index contributed by atoms with van der Waals surface area (Å²) in [4.78, 5) is 25.9. The number of hydrogen-bond acceptors (Lipinski definition) is 4. The number of para-hydroxylation sites is 2. The van der Waals surface area contributed by atoms with E-state index in [-0.39, 0.29) is 66.3 Å². The topological polar surface area (TPSA) is 121 Å². The van der Waals surface area contributed by atoms with Crippen LogP contribution in [0.2, 0.25) is 0 Å². The zero-order chi connectivity index (χ0) is 39.3. The minimum Gasteiger partial charge on any atom is -0.412 e. The summed E-state index contributed by atoms with van der Waals surface area (Å²) in [6.45, 7) is 34.2. The molecule has 0 heterocycles. The maximum atomic E-state index is 13.0. The Hall–Kier alpha value is -3.27. The van der Waals surface area contributed by atoms with Crippen LogP contribution in [-0.4, -0.2) is 22.5 Å². The molecule has 0 saturated carbocycles. The van der Waals surface area contributed by atoms with Gasteiger partial charge in [0.15, 0.2) is 11.6 Å². The van der Waals surface area contributed by atoms with Gasteiger partial charge in [0.2, 0.25) is 0 Å². The zero-order valence-electron chi connectivity index (χ0n) is 36.7. The smallest absolute Gasteiger partial charge is 0.191 e. The van der Waals surface area contributed by atoms with Crippen LogP contribution >= 0.6 is 0 Å². The number of anilines is 2. The van der Waals surface area contributed by atoms with E-state index in [1.807, 2.05) is 50.6 Å². The van der Waals surface area contributed by atoms with Gasteiger partial charge in [0.05, 0.1) is 0 Å². The zero-order valence-corrected chi connectivity index (χ0v) is 38.7. The Morgan fingerprint density at radius 1 is 0.482 bits per heavy atom. The average Bonchev–Trinajstić information content (AvgIpc) is 3.03. The van der Waals surface area contributed by atoms with E-state index in [1.165, 1.54) is 22.3 Å². The van der Waals surface area contributed by atoms with Crippen molar-refractivity contribution < 1.29 is 53.5 Å². The molecule has 0 aliphatic heterocycles. The molecule has 0 saturated heterocycles. The van der Waals surface area contributed by atoms with E-state index < -0.39 is 0 Å². The van der Waals surface area contributed by atoms with Crippen LogP contribution in [0.3, 0.4) is 0 Å². The van der Waals surface area contributed by atoms with Gasteiger partial charge in [0, 0.05) is 79.0 Å². The first kappa shape index (κ1) is 54.8. The van der Waals surface area contributed by atoms with Gasteiger partial charge in [-0.15, -0.1) is 0 Å². The number of hydrogen-bond donors (Lipinski definition) is 2. The van der Waals surface area contributed by atoms with E-state index in [4.69, 9.17) is 0 Å². The third-order valence-corrected chi connectivity index (χ3v) is 9.63. The standard InChI is InChI=1S/2C24H33NO.2Ni.2H2O/c2*1-15(2)19-10-9-11-20(16(3)4)22(19)25-14-18-12-17(5)13-21(23(18)26)24(6,7)8;;;;/h2*9-16,25H,1-8H3;;;2*1H2/b2*18-14-;;;;. The first-order chi connectivity index (χ1) is 24.0. The molecule has 0 radical (unpaired) electrons. The third kappa shape index (κ3) is 14.0. The summed E-state index contributed by atoms with van der Waals surface area (Å²) in [5.74, 6) is 1.89. The van der Waals surface area contributed by atoms with Crippen LogP contribution in [0.4, 0.5) is 11.4 Å². The maximum absolute atomic E-state index is 13.0. The second-order valence-corrected chi connectivity index (χ2v) is 17.8. The number of nitrogens with one attached hydrogen (secondary N) is 2. The Morgan fingerprint density at radius 2 is 0.732 bits per heavy atom. The van der Waals surface area contributed by atoms with Crippen LogP contribution in [0, 0.1) is 10.8 Å². The molecule has 0 fully saturated rings. The third-order valence-electron chi connectivity index (χ3n) is 9.63. The number of allylic oxidation sites excluding steroid dienone is 10. The van der Waals surface area contributed by atoms with Gasteiger partial charge in [-0.05, 0) is 93.9 Å². The maximum Gasteiger partial charge on any atom is 0.191 e. The number of rotatable bonds is 8. The summed E-state index contributed by atoms with van der Waals surface area (Å²) in [7, 11) is 0. The van der Waals surface area contributed by atoms with Crippen LogP contribution in [0.25, 0.3) is 0 Å². The van der Waals surface area contributed by atoms with Gasteiger partial charge in [-0.2, -0.15) is 0 Å². The fourth-order valence-electron chi connectivity index (χ4n) is 6.67. The molecule has 0 bridgehead atoms. The molecular formula is C48H70N2Ni2O4. The van der Waals surface area contributed by atoms with Gasteiger partial charge in [0.25, 0.3) is 0 Å². The normalized spacial score (nSPS) is 15.8. The van der Waals surface area contributed by atoms with Crippen molar-refractivity contribution in [1.82, 2.24) is 0 Å². The molecule has 2 aliphatic carbocycles. The van der Waals surface area contributed by atoms with E-state index in [9.17, 15) is 9.59 Å². The largest absolute Gasteiger partial charge is 0.412 e. The molecule has 0 atom stereocenters. The second kappa shape index (κ2) is 22.6. The molecule has 4 rings (SSSR count). The van der Waals surface area contributed by atoms with Crippen molar-refractivity contribution in [2.24, 2.45) is 10.8 Å². The molecular weight excluding hydrogens is 786 g/mol. The Bertz CT molecular complexity index is 1670. The molecule has 2 aliphatic rings. The quantitative estimate of drug-likeness (QED) is 0.203. The van der Waals surface area contributed by atoms with Gasteiger partial charge >= 0.3 is 0 Å². The number of Topliss-reactive ketones (excluding diaryl/α,β-unsaturated/α-hetero) is 2. The predicted molar refractivity (Wildman–Crippen MR) is 232 cm³/mol. The molecule has 6 nitrogen and oxygen atoms in total. The molecule has 6 N–H and O–H groups in total. The van der Waals surface area contributed by atoms with E-state index in [1.54, 1.807) is 0 Å². The summed E-state index contributed by atoms with van der Waals surface area (Å²) < 4.78 is 0. The molecule has 0 unspecified atom stereocenters. The van der Waals surface area contributed by atoms with Crippen molar-refractivity contribution >= 4 is 22.9 Å². The van der Waals surface area contributed by atoms with E-state index in [2.05, 4.69) is 144 Å². The summed E-state index contributed by atoms with van der Waals surface area (Å²) >= 11 is 0. The van der Waals surface area contributed by atoms with E-state index >= 15 is 0 Å². The molecule has 2 aromatic rings. The van der Waals surface area contributed by atoms with Crippen LogP contribution in [0.1, 0.15) is 157 Å². The molecule has 316 valence electrons. The monoisotopic (exact) mass is 854 g/mol. The van der Waals surface area contributed by atoms with Crippen molar-refractivity contribution in [1.29, 1.82) is 0 Å². The fraction of sp³-hybridized carbons (Fsp3) is 0.458. The number of ketones is 2. The number of carbonyl (C=O) groups is 2. The van der Waals surface area contributed by atoms with E-state index in [0.29, 0.717) is 23.7 Å². The van der Waals surface area contributed by atoms with Gasteiger partial charge in [-0.3, -0.25) is 9.59 Å². The number of carbonyl (C=O) groups excluding carboxylic acids is 2. The Morgan fingerprint density at radius 3 is 0.946 bits per heavy atom. The Balaban J connectivity index is 0. The minimum absolute atomic E-state index is 0. The van der Waals surface area contributed by atoms with Crippen molar-refractivity contribution in [3.05, 3.63) is 129 Å². The summed E-state index contributed by atoms with van der Waals surface area (Å²) in [5, 5.41) is 6.97. The summed E-state index contributed by atoms with van der Waals surface area (Å²) in [5.41, 5.74) is 12.5. The van der Waals surface area contributed by atoms with Crippen LogP contribution in [0.15, 0.2) is 107 Å². The van der Waals surface area contributed by atoms with Crippen molar-refractivity contribution in [3.8, 4) is 0 Å². The summed E-state index contributed by atoms with van der Waals surface area (Å²) in [6, 6.07) is 12.9. The summed E-state index contributed by atoms with van der Waals surface area (Å²) in [6.07, 6.45) is 11.7. The molecule has 56 heavy (non-hydrogen) atoms. The van der Waals surface area contributed by atoms with Gasteiger partial charge < -0.3 is 21.6 Å². The van der Waals surface area contributed by atoms with Gasteiger partial charge in [-0.25, -0.2) is 0 Å². The van der Waals surface area contributed by atoms with Crippen molar-refractivity contribution in [2.75, 3.05) is 10.6 Å². The van der Waals surface area contributed by atoms with E-state index in [0.717, 1.165) is 44.8 Å². The molecule has 0 aromatic heterocycles. The average molecular weight is 856 g/mol. The molecule has 8 heteroatoms. The number of benzene rings is 2. The molecule has 0 spiro atoms. The predicted octanol–water partition coefficient (Wildman–Crippen LogP) is 11.8. The van der Waals surface area contributed by atoms with Gasteiger partial charge in [0.1, 0.15) is 0 Å². The molecule has 2 aromatic carbocycles. The Kier molecular flexibility index (Phi) is 22.1. The van der Waals surface area contributed by atoms with Crippen LogP contribution < -0.4 is 10.6 Å². The SMILES string of the molecule is CC1=C/C(=C/Nc2c(C(C)C)cccc2C(C)C)C(=O)C(C(C)(C)C)=C1.CC1=C/C(=C/Nc2c(C(C)C)cccc2C(C)C)C(=O)C(C(C)(C)C)=C1.O.O.[Ni].[Ni]. The first-order valence-corrected chi connectivity index (χ1v) is 19.1. The van der Waals surface area contributed by atoms with Crippen molar-refractivity contribution in [3.63, 3.8) is 0 Å². The van der Waals surface area contributed by atoms with Crippen LogP contribution in [0.5, 0.6) is 0 Å².